The van der Waals surface area contributed by atoms with Crippen molar-refractivity contribution >= 4 is 17.8 Å². The molecule has 0 aliphatic heterocycles. The lowest BCUT2D eigenvalue weighted by atomic mass is 10.0. The van der Waals surface area contributed by atoms with Crippen LogP contribution in [0.4, 0.5) is 0 Å². The van der Waals surface area contributed by atoms with Crippen LogP contribution in [0.5, 0.6) is 23.0 Å². The first-order chi connectivity index (χ1) is 17.4. The summed E-state index contributed by atoms with van der Waals surface area (Å²) in [5, 5.41) is 19.4. The Morgan fingerprint density at radius 2 is 1.44 bits per heavy atom. The van der Waals surface area contributed by atoms with Gasteiger partial charge in [0.15, 0.2) is 5.78 Å². The lowest BCUT2D eigenvalue weighted by Crippen LogP contribution is -2.08. The molecule has 36 heavy (non-hydrogen) atoms. The van der Waals surface area contributed by atoms with Crippen molar-refractivity contribution in [1.29, 1.82) is 0 Å². The Labute approximate surface area is 210 Å². The Morgan fingerprint density at radius 1 is 0.806 bits per heavy atom. The summed E-state index contributed by atoms with van der Waals surface area (Å²) in [5.74, 6) is 0.145. The molecule has 8 nitrogen and oxygen atoms in total. The number of para-hydroxylation sites is 1. The number of esters is 1. The Hall–Kier alpha value is -4.30. The predicted molar refractivity (Wildman–Crippen MR) is 136 cm³/mol. The summed E-state index contributed by atoms with van der Waals surface area (Å²) in [7, 11) is 3.08. The maximum absolute atomic E-state index is 12.1. The van der Waals surface area contributed by atoms with Crippen molar-refractivity contribution in [2.75, 3.05) is 34.0 Å². The minimum Gasteiger partial charge on any atom is -0.507 e. The summed E-state index contributed by atoms with van der Waals surface area (Å²) >= 11 is 0. The number of hydrogen-bond donors (Lipinski definition) is 2. The topological polar surface area (TPSA) is 112 Å². The minimum absolute atomic E-state index is 0.113. The van der Waals surface area contributed by atoms with Gasteiger partial charge in [-0.1, -0.05) is 24.3 Å². The van der Waals surface area contributed by atoms with Crippen molar-refractivity contribution in [3.8, 4) is 23.0 Å². The van der Waals surface area contributed by atoms with E-state index in [0.717, 1.165) is 11.3 Å². The highest BCUT2D eigenvalue weighted by molar-refractivity contribution is 6.12. The number of aromatic hydroxyl groups is 2. The molecule has 0 radical (unpaired) electrons. The fourth-order valence-electron chi connectivity index (χ4n) is 2.91. The molecule has 3 rings (SSSR count). The predicted octanol–water partition coefficient (Wildman–Crippen LogP) is 4.63. The van der Waals surface area contributed by atoms with Crippen LogP contribution in [0.15, 0.2) is 72.8 Å². The van der Waals surface area contributed by atoms with Gasteiger partial charge < -0.3 is 29.2 Å². The van der Waals surface area contributed by atoms with E-state index < -0.39 is 5.78 Å². The summed E-state index contributed by atoms with van der Waals surface area (Å²) < 4.78 is 20.0. The number of benzene rings is 3. The molecule has 0 atom stereocenters. The van der Waals surface area contributed by atoms with Gasteiger partial charge in [-0.25, -0.2) is 4.79 Å². The summed E-state index contributed by atoms with van der Waals surface area (Å²) in [4.78, 5) is 23.4. The summed E-state index contributed by atoms with van der Waals surface area (Å²) in [6.07, 6.45) is 3.09. The molecular formula is C28H30O8. The highest BCUT2D eigenvalue weighted by atomic mass is 16.6. The number of phenols is 2. The molecule has 0 amide bonds. The summed E-state index contributed by atoms with van der Waals surface area (Å²) in [5.41, 5.74) is 1.19. The molecule has 0 aliphatic rings. The molecule has 0 spiro atoms. The number of ether oxygens (including phenoxy) is 4. The number of phenolic OH excluding ortho intramolecular Hbond substituents is 2. The number of carbonyl (C=O) groups excluding carboxylic acids is 2. The molecule has 8 heteroatoms. The molecule has 0 bridgehead atoms. The van der Waals surface area contributed by atoms with Crippen LogP contribution in [0.3, 0.4) is 0 Å². The number of carbonyl (C=O) groups is 2. The second-order valence-corrected chi connectivity index (χ2v) is 7.20. The van der Waals surface area contributed by atoms with E-state index in [2.05, 4.69) is 0 Å². The van der Waals surface area contributed by atoms with Crippen molar-refractivity contribution in [2.24, 2.45) is 0 Å². The minimum atomic E-state index is -0.437. The first-order valence-electron chi connectivity index (χ1n) is 11.2. The number of ketones is 1. The summed E-state index contributed by atoms with van der Waals surface area (Å²) in [6, 6.07) is 18.0. The highest BCUT2D eigenvalue weighted by Crippen LogP contribution is 2.28. The molecule has 0 heterocycles. The van der Waals surface area contributed by atoms with Crippen LogP contribution in [-0.4, -0.2) is 56.0 Å². The van der Waals surface area contributed by atoms with Crippen LogP contribution in [-0.2, 0) is 14.3 Å². The zero-order valence-electron chi connectivity index (χ0n) is 20.5. The second-order valence-electron chi connectivity index (χ2n) is 7.20. The van der Waals surface area contributed by atoms with Crippen molar-refractivity contribution in [2.45, 2.75) is 6.92 Å². The fourth-order valence-corrected chi connectivity index (χ4v) is 2.91. The zero-order valence-corrected chi connectivity index (χ0v) is 20.5. The van der Waals surface area contributed by atoms with Gasteiger partial charge in [-0.05, 0) is 55.0 Å². The van der Waals surface area contributed by atoms with Gasteiger partial charge in [-0.15, -0.1) is 0 Å². The van der Waals surface area contributed by atoms with Crippen LogP contribution in [0, 0.1) is 0 Å². The molecule has 3 aromatic rings. The number of methoxy groups -OCH3 is 2. The quantitative estimate of drug-likeness (QED) is 0.182. The Kier molecular flexibility index (Phi) is 11.5. The SMILES string of the molecule is CCOCCOC(=O)/C=C/c1ccc(OC)cc1.COc1ccc(C(=O)c2ccccc2O)c(O)c1. The van der Waals surface area contributed by atoms with E-state index in [1.54, 1.807) is 31.4 Å². The van der Waals surface area contributed by atoms with Crippen LogP contribution in [0.25, 0.3) is 6.08 Å². The normalized spacial score (nSPS) is 10.3. The lowest BCUT2D eigenvalue weighted by Gasteiger charge is -2.07. The molecule has 0 unspecified atom stereocenters. The van der Waals surface area contributed by atoms with Crippen molar-refractivity contribution in [3.05, 3.63) is 89.5 Å². The van der Waals surface area contributed by atoms with E-state index in [9.17, 15) is 19.8 Å². The fraction of sp³-hybridized carbons (Fsp3) is 0.214. The molecule has 0 saturated heterocycles. The molecule has 3 aromatic carbocycles. The van der Waals surface area contributed by atoms with Gasteiger partial charge >= 0.3 is 5.97 Å². The van der Waals surface area contributed by atoms with Gasteiger partial charge in [0.05, 0.1) is 32.0 Å². The Balaban J connectivity index is 0.000000254. The third-order valence-electron chi connectivity index (χ3n) is 4.80. The lowest BCUT2D eigenvalue weighted by molar-refractivity contribution is -0.139. The Bertz CT molecular complexity index is 1150. The maximum atomic E-state index is 12.1. The highest BCUT2D eigenvalue weighted by Gasteiger charge is 2.16. The number of rotatable bonds is 10. The monoisotopic (exact) mass is 494 g/mol. The van der Waals surface area contributed by atoms with E-state index in [1.807, 2.05) is 31.2 Å². The first-order valence-corrected chi connectivity index (χ1v) is 11.2. The average Bonchev–Trinajstić information content (AvgIpc) is 2.90. The van der Waals surface area contributed by atoms with Crippen LogP contribution in [0.2, 0.25) is 0 Å². The molecule has 2 N–H and O–H groups in total. The standard InChI is InChI=1S/C14H12O4.C14H18O4/c1-18-9-6-7-11(13(16)8-9)14(17)10-4-2-3-5-12(10)15;1-3-17-10-11-18-14(15)9-6-12-4-7-13(16-2)8-5-12/h2-8,15-16H,1H3;4-9H,3,10-11H2,1-2H3/b;9-6+. The smallest absolute Gasteiger partial charge is 0.330 e. The molecule has 0 saturated carbocycles. The van der Waals surface area contributed by atoms with E-state index in [4.69, 9.17) is 18.9 Å². The van der Waals surface area contributed by atoms with Gasteiger partial charge in [0.1, 0.15) is 29.6 Å². The molecular weight excluding hydrogens is 464 g/mol. The van der Waals surface area contributed by atoms with Gasteiger partial charge in [0.2, 0.25) is 0 Å². The van der Waals surface area contributed by atoms with E-state index >= 15 is 0 Å². The van der Waals surface area contributed by atoms with E-state index in [-0.39, 0.29) is 35.2 Å². The van der Waals surface area contributed by atoms with Crippen molar-refractivity contribution in [1.82, 2.24) is 0 Å². The molecule has 190 valence electrons. The van der Waals surface area contributed by atoms with Crippen LogP contribution >= 0.6 is 0 Å². The van der Waals surface area contributed by atoms with E-state index in [1.165, 1.54) is 37.5 Å². The van der Waals surface area contributed by atoms with Crippen molar-refractivity contribution < 1.29 is 38.7 Å². The third kappa shape index (κ3) is 8.81. The maximum Gasteiger partial charge on any atom is 0.330 e. The van der Waals surface area contributed by atoms with Crippen LogP contribution < -0.4 is 9.47 Å². The third-order valence-corrected chi connectivity index (χ3v) is 4.80. The van der Waals surface area contributed by atoms with Gasteiger partial charge in [-0.2, -0.15) is 0 Å². The van der Waals surface area contributed by atoms with Gasteiger partial charge in [0, 0.05) is 18.7 Å². The number of hydrogen-bond acceptors (Lipinski definition) is 8. The second kappa shape index (κ2) is 14.9. The average molecular weight is 495 g/mol. The molecule has 0 aliphatic carbocycles. The van der Waals surface area contributed by atoms with E-state index in [0.29, 0.717) is 19.0 Å². The largest absolute Gasteiger partial charge is 0.507 e. The Morgan fingerprint density at radius 3 is 2.06 bits per heavy atom. The zero-order chi connectivity index (χ0) is 26.3. The van der Waals surface area contributed by atoms with Crippen molar-refractivity contribution in [3.63, 3.8) is 0 Å². The van der Waals surface area contributed by atoms with Gasteiger partial charge in [0.25, 0.3) is 0 Å². The molecule has 0 fully saturated rings. The van der Waals surface area contributed by atoms with Gasteiger partial charge in [-0.3, -0.25) is 4.79 Å². The summed E-state index contributed by atoms with van der Waals surface area (Å²) in [6.45, 7) is 3.23. The first kappa shape index (κ1) is 27.9. The van der Waals surface area contributed by atoms with Crippen LogP contribution in [0.1, 0.15) is 28.4 Å². The molecule has 0 aromatic heterocycles.